The minimum atomic E-state index is -1.77. The van der Waals surface area contributed by atoms with Crippen LogP contribution in [0.25, 0.3) is 0 Å². The zero-order valence-corrected chi connectivity index (χ0v) is 5.76. The molecular weight excluding hydrogens is 128 g/mol. The van der Waals surface area contributed by atoms with Crippen LogP contribution in [0.5, 0.6) is 0 Å². The summed E-state index contributed by atoms with van der Waals surface area (Å²) in [6.45, 7) is -1.08. The minimum absolute atomic E-state index is 0. The van der Waals surface area contributed by atoms with Crippen molar-refractivity contribution in [3.05, 3.63) is 0 Å². The molecule has 0 rings (SSSR count). The van der Waals surface area contributed by atoms with Crippen LogP contribution < -0.4 is 10.2 Å². The number of hydrogen-bond donors (Lipinski definition) is 0. The Kier molecular flexibility index (Phi) is 9.70. The molecule has 0 aromatic carbocycles. The molecule has 0 atom stereocenters. The van der Waals surface area contributed by atoms with E-state index in [9.17, 15) is 0 Å². The second kappa shape index (κ2) is 6.49. The SMILES string of the molecule is O=C([O-])OC[O-].[Ca+2]. The van der Waals surface area contributed by atoms with E-state index in [1.807, 2.05) is 0 Å². The molecule has 0 amide bonds. The number of rotatable bonds is 1. The fourth-order valence-corrected chi connectivity index (χ4v) is 0.0481. The Hall–Kier alpha value is 0.490. The molecule has 7 heavy (non-hydrogen) atoms. The molecule has 0 heterocycles. The predicted molar refractivity (Wildman–Crippen MR) is 17.1 cm³/mol. The molecule has 0 radical (unpaired) electrons. The van der Waals surface area contributed by atoms with E-state index in [0.29, 0.717) is 0 Å². The molecule has 0 aromatic heterocycles. The molecule has 0 fully saturated rings. The van der Waals surface area contributed by atoms with E-state index in [4.69, 9.17) is 15.0 Å². The van der Waals surface area contributed by atoms with Gasteiger partial charge in [0, 0.05) is 0 Å². The summed E-state index contributed by atoms with van der Waals surface area (Å²) in [5, 5.41) is 18.2. The summed E-state index contributed by atoms with van der Waals surface area (Å²) in [5.74, 6) is 0. The number of carbonyl (C=O) groups is 1. The van der Waals surface area contributed by atoms with Gasteiger partial charge >= 0.3 is 37.7 Å². The normalized spacial score (nSPS) is 6.43. The Labute approximate surface area is 70.1 Å². The molecule has 0 saturated heterocycles. The van der Waals surface area contributed by atoms with Crippen molar-refractivity contribution in [2.45, 2.75) is 0 Å². The Balaban J connectivity index is 0. The van der Waals surface area contributed by atoms with Crippen LogP contribution in [0.1, 0.15) is 0 Å². The van der Waals surface area contributed by atoms with E-state index < -0.39 is 12.9 Å². The fourth-order valence-electron chi connectivity index (χ4n) is 0.0481. The van der Waals surface area contributed by atoms with Crippen LogP contribution in [-0.4, -0.2) is 50.7 Å². The predicted octanol–water partition coefficient (Wildman–Crippen LogP) is -2.72. The summed E-state index contributed by atoms with van der Waals surface area (Å²) < 4.78 is 3.29. The maximum absolute atomic E-state index is 9.10. The van der Waals surface area contributed by atoms with Gasteiger partial charge in [-0.15, -0.1) is 0 Å². The average molecular weight is 130 g/mol. The third-order valence-electron chi connectivity index (χ3n) is 0.177. The monoisotopic (exact) mass is 130 g/mol. The van der Waals surface area contributed by atoms with Crippen LogP contribution in [0.15, 0.2) is 0 Å². The summed E-state index contributed by atoms with van der Waals surface area (Å²) in [7, 11) is 0. The van der Waals surface area contributed by atoms with Crippen molar-refractivity contribution >= 4 is 43.9 Å². The van der Waals surface area contributed by atoms with Crippen molar-refractivity contribution in [3.8, 4) is 0 Å². The molecule has 0 unspecified atom stereocenters. The van der Waals surface area contributed by atoms with E-state index in [-0.39, 0.29) is 37.7 Å². The first-order chi connectivity index (χ1) is 2.77. The van der Waals surface area contributed by atoms with Gasteiger partial charge in [-0.3, -0.25) is 0 Å². The molecule has 0 aliphatic heterocycles. The summed E-state index contributed by atoms with van der Waals surface area (Å²) in [6, 6.07) is 0. The van der Waals surface area contributed by atoms with E-state index in [1.165, 1.54) is 0 Å². The number of hydrogen-bond acceptors (Lipinski definition) is 4. The summed E-state index contributed by atoms with van der Waals surface area (Å²) in [6.07, 6.45) is -1.77. The Bertz CT molecular complexity index is 53.7. The van der Waals surface area contributed by atoms with Crippen LogP contribution in [0, 0.1) is 0 Å². The molecule has 0 aliphatic carbocycles. The van der Waals surface area contributed by atoms with Crippen molar-refractivity contribution < 1.29 is 19.7 Å². The van der Waals surface area contributed by atoms with Gasteiger partial charge in [0.05, 0.1) is 0 Å². The smallest absolute Gasteiger partial charge is 0.839 e. The molecule has 5 heteroatoms. The number of carboxylic acid groups (broad SMARTS) is 1. The van der Waals surface area contributed by atoms with E-state index >= 15 is 0 Å². The van der Waals surface area contributed by atoms with Gasteiger partial charge in [0.1, 0.15) is 0 Å². The maximum Gasteiger partial charge on any atom is 2.00 e. The first-order valence-electron chi connectivity index (χ1n) is 1.19. The topological polar surface area (TPSA) is 72.4 Å². The molecule has 0 bridgehead atoms. The number of carbonyl (C=O) groups excluding carboxylic acids is 1. The van der Waals surface area contributed by atoms with Crippen molar-refractivity contribution in [1.29, 1.82) is 0 Å². The van der Waals surface area contributed by atoms with Gasteiger partial charge in [-0.2, -0.15) is 0 Å². The standard InChI is InChI=1S/C2H3O4.Ca/c3-1-6-2(4)5;/h1H2,(H,4,5);/q-1;+2/p-1. The Morgan fingerprint density at radius 1 is 1.71 bits per heavy atom. The van der Waals surface area contributed by atoms with Gasteiger partial charge < -0.3 is 19.7 Å². The second-order valence-corrected chi connectivity index (χ2v) is 0.512. The van der Waals surface area contributed by atoms with Crippen molar-refractivity contribution in [2.75, 3.05) is 6.79 Å². The van der Waals surface area contributed by atoms with Crippen LogP contribution >= 0.6 is 0 Å². The summed E-state index contributed by atoms with van der Waals surface area (Å²) in [4.78, 5) is 9.07. The zero-order chi connectivity index (χ0) is 4.99. The molecular formula is C2H2CaO4. The van der Waals surface area contributed by atoms with Crippen LogP contribution in [0.4, 0.5) is 4.79 Å². The van der Waals surface area contributed by atoms with Gasteiger partial charge in [0.15, 0.2) is 0 Å². The number of ether oxygens (including phenoxy) is 1. The van der Waals surface area contributed by atoms with E-state index in [1.54, 1.807) is 0 Å². The molecule has 0 N–H and O–H groups in total. The minimum Gasteiger partial charge on any atom is -0.839 e. The van der Waals surface area contributed by atoms with E-state index in [2.05, 4.69) is 4.74 Å². The summed E-state index contributed by atoms with van der Waals surface area (Å²) in [5.41, 5.74) is 0. The van der Waals surface area contributed by atoms with Crippen molar-refractivity contribution in [3.63, 3.8) is 0 Å². The summed E-state index contributed by atoms with van der Waals surface area (Å²) >= 11 is 0. The average Bonchev–Trinajstić information content (AvgIpc) is 1.35. The molecule has 0 saturated carbocycles. The molecule has 0 aromatic rings. The van der Waals surface area contributed by atoms with Crippen LogP contribution in [0.2, 0.25) is 0 Å². The van der Waals surface area contributed by atoms with Crippen molar-refractivity contribution in [1.82, 2.24) is 0 Å². The maximum atomic E-state index is 9.10. The third kappa shape index (κ3) is 10.7. The van der Waals surface area contributed by atoms with Gasteiger partial charge in [0.25, 0.3) is 6.16 Å². The van der Waals surface area contributed by atoms with Crippen LogP contribution in [-0.2, 0) is 4.74 Å². The quantitative estimate of drug-likeness (QED) is 0.220. The first-order valence-corrected chi connectivity index (χ1v) is 1.19. The van der Waals surface area contributed by atoms with E-state index in [0.717, 1.165) is 0 Å². The second-order valence-electron chi connectivity index (χ2n) is 0.512. The Morgan fingerprint density at radius 3 is 2.14 bits per heavy atom. The third-order valence-corrected chi connectivity index (χ3v) is 0.177. The fraction of sp³-hybridized carbons (Fsp3) is 0.500. The van der Waals surface area contributed by atoms with Gasteiger partial charge in [-0.25, -0.2) is 0 Å². The van der Waals surface area contributed by atoms with Crippen molar-refractivity contribution in [2.24, 2.45) is 0 Å². The van der Waals surface area contributed by atoms with Gasteiger partial charge in [-0.05, 0) is 0 Å². The Morgan fingerprint density at radius 2 is 2.14 bits per heavy atom. The molecule has 36 valence electrons. The molecule has 4 nitrogen and oxygen atoms in total. The molecule has 0 spiro atoms. The first kappa shape index (κ1) is 10.5. The largest absolute Gasteiger partial charge is 2.00 e. The zero-order valence-electron chi connectivity index (χ0n) is 3.55. The van der Waals surface area contributed by atoms with Crippen LogP contribution in [0.3, 0.4) is 0 Å². The van der Waals surface area contributed by atoms with Gasteiger partial charge in [-0.1, -0.05) is 6.79 Å². The molecule has 0 aliphatic rings. The van der Waals surface area contributed by atoms with Gasteiger partial charge in [0.2, 0.25) is 0 Å².